The van der Waals surface area contributed by atoms with Crippen molar-refractivity contribution >= 4 is 23.1 Å². The molecule has 7 heteroatoms. The fourth-order valence-corrected chi connectivity index (χ4v) is 1.78. The summed E-state index contributed by atoms with van der Waals surface area (Å²) in [6.45, 7) is 0.568. The van der Waals surface area contributed by atoms with Gasteiger partial charge in [0.1, 0.15) is 16.5 Å². The Morgan fingerprint density at radius 1 is 1.40 bits per heavy atom. The maximum atomic E-state index is 11.8. The van der Waals surface area contributed by atoms with Crippen molar-refractivity contribution in [2.24, 2.45) is 5.73 Å². The molecule has 6 nitrogen and oxygen atoms in total. The van der Waals surface area contributed by atoms with Crippen molar-refractivity contribution in [1.29, 1.82) is 0 Å². The van der Waals surface area contributed by atoms with Gasteiger partial charge in [0.2, 0.25) is 0 Å². The number of nitrogens with zero attached hydrogens (tertiary/aromatic N) is 2. The van der Waals surface area contributed by atoms with E-state index in [1.54, 1.807) is 24.5 Å². The van der Waals surface area contributed by atoms with Crippen molar-refractivity contribution in [3.8, 4) is 0 Å². The van der Waals surface area contributed by atoms with Crippen molar-refractivity contribution in [1.82, 2.24) is 20.3 Å². The normalized spacial score (nSPS) is 10.2. The molecule has 0 aliphatic rings. The number of aryl methyl sites for hydroxylation is 1. The Balaban J connectivity index is 1.78. The summed E-state index contributed by atoms with van der Waals surface area (Å²) in [4.78, 5) is 23.2. The van der Waals surface area contributed by atoms with Gasteiger partial charge in [0.15, 0.2) is 0 Å². The van der Waals surface area contributed by atoms with E-state index < -0.39 is 0 Å². The predicted molar refractivity (Wildman–Crippen MR) is 79.4 cm³/mol. The Morgan fingerprint density at radius 3 is 2.85 bits per heavy atom. The molecule has 0 atom stereocenters. The molecule has 1 amide bonds. The first-order valence-electron chi connectivity index (χ1n) is 6.19. The maximum Gasteiger partial charge on any atom is 0.269 e. The molecule has 2 aromatic rings. The zero-order valence-electron chi connectivity index (χ0n) is 10.8. The number of nitrogens with one attached hydrogen (secondary N) is 2. The van der Waals surface area contributed by atoms with E-state index in [2.05, 4.69) is 20.3 Å². The molecule has 2 heterocycles. The SMILES string of the molecule is NC(=S)c1ccc(C(=O)NCCCc2ncc[nH]2)nc1. The van der Waals surface area contributed by atoms with E-state index in [9.17, 15) is 4.79 Å². The molecule has 2 rings (SSSR count). The van der Waals surface area contributed by atoms with Crippen LogP contribution in [-0.2, 0) is 6.42 Å². The maximum absolute atomic E-state index is 11.8. The summed E-state index contributed by atoms with van der Waals surface area (Å²) < 4.78 is 0. The van der Waals surface area contributed by atoms with Crippen molar-refractivity contribution in [3.63, 3.8) is 0 Å². The number of amides is 1. The highest BCUT2D eigenvalue weighted by Crippen LogP contribution is 2.00. The molecule has 0 fully saturated rings. The molecule has 0 spiro atoms. The zero-order chi connectivity index (χ0) is 14.4. The molecule has 0 aliphatic carbocycles. The second-order valence-electron chi connectivity index (χ2n) is 4.19. The molecule has 0 saturated carbocycles. The average Bonchev–Trinajstić information content (AvgIpc) is 2.96. The first-order valence-corrected chi connectivity index (χ1v) is 6.60. The number of carbonyl (C=O) groups is 1. The molecule has 0 aromatic carbocycles. The quantitative estimate of drug-likeness (QED) is 0.540. The number of hydrogen-bond acceptors (Lipinski definition) is 4. The molecule has 4 N–H and O–H groups in total. The topological polar surface area (TPSA) is 96.7 Å². The molecule has 0 radical (unpaired) electrons. The van der Waals surface area contributed by atoms with Gasteiger partial charge in [0, 0.05) is 37.1 Å². The van der Waals surface area contributed by atoms with E-state index in [-0.39, 0.29) is 10.9 Å². The van der Waals surface area contributed by atoms with E-state index in [1.165, 1.54) is 6.20 Å². The second-order valence-corrected chi connectivity index (χ2v) is 4.63. The van der Waals surface area contributed by atoms with Crippen LogP contribution >= 0.6 is 12.2 Å². The standard InChI is InChI=1S/C13H15N5OS/c14-12(20)9-3-4-10(18-8-9)13(19)17-5-1-2-11-15-6-7-16-11/h3-4,6-8H,1-2,5H2,(H2,14,20)(H,15,16)(H,17,19). The van der Waals surface area contributed by atoms with Crippen LogP contribution in [0.25, 0.3) is 0 Å². The molecule has 0 bridgehead atoms. The van der Waals surface area contributed by atoms with Gasteiger partial charge in [0.05, 0.1) is 0 Å². The number of rotatable bonds is 6. The summed E-state index contributed by atoms with van der Waals surface area (Å²) in [6, 6.07) is 3.30. The number of H-pyrrole nitrogens is 1. The minimum Gasteiger partial charge on any atom is -0.389 e. The number of carbonyl (C=O) groups excluding carboxylic acids is 1. The highest BCUT2D eigenvalue weighted by Gasteiger charge is 2.07. The lowest BCUT2D eigenvalue weighted by molar-refractivity contribution is 0.0948. The molecule has 104 valence electrons. The number of hydrogen-bond donors (Lipinski definition) is 3. The van der Waals surface area contributed by atoms with Crippen LogP contribution in [0.1, 0.15) is 28.3 Å². The van der Waals surface area contributed by atoms with Gasteiger partial charge in [-0.25, -0.2) is 4.98 Å². The van der Waals surface area contributed by atoms with E-state index in [0.29, 0.717) is 17.8 Å². The minimum absolute atomic E-state index is 0.209. The third-order valence-electron chi connectivity index (χ3n) is 2.71. The van der Waals surface area contributed by atoms with Crippen LogP contribution < -0.4 is 11.1 Å². The Kier molecular flexibility index (Phi) is 4.78. The average molecular weight is 289 g/mol. The number of thiocarbonyl (C=S) groups is 1. The van der Waals surface area contributed by atoms with E-state index >= 15 is 0 Å². The van der Waals surface area contributed by atoms with Crippen LogP contribution in [0.4, 0.5) is 0 Å². The number of imidazole rings is 1. The van der Waals surface area contributed by atoms with Crippen LogP contribution in [0.2, 0.25) is 0 Å². The summed E-state index contributed by atoms with van der Waals surface area (Å²) in [6.07, 6.45) is 6.59. The molecule has 0 saturated heterocycles. The molecular formula is C13H15N5OS. The van der Waals surface area contributed by atoms with Crippen LogP contribution in [0.3, 0.4) is 0 Å². The van der Waals surface area contributed by atoms with Gasteiger partial charge in [-0.05, 0) is 18.6 Å². The lowest BCUT2D eigenvalue weighted by Gasteiger charge is -2.04. The van der Waals surface area contributed by atoms with Gasteiger partial charge >= 0.3 is 0 Å². The number of nitrogens with two attached hydrogens (primary N) is 1. The third-order valence-corrected chi connectivity index (χ3v) is 2.95. The summed E-state index contributed by atoms with van der Waals surface area (Å²) in [5.41, 5.74) is 6.46. The van der Waals surface area contributed by atoms with Gasteiger partial charge in [0.25, 0.3) is 5.91 Å². The van der Waals surface area contributed by atoms with Crippen LogP contribution in [0.15, 0.2) is 30.7 Å². The van der Waals surface area contributed by atoms with E-state index in [4.69, 9.17) is 18.0 Å². The first-order chi connectivity index (χ1) is 9.66. The Morgan fingerprint density at radius 2 is 2.25 bits per heavy atom. The van der Waals surface area contributed by atoms with E-state index in [0.717, 1.165) is 18.7 Å². The van der Waals surface area contributed by atoms with Gasteiger partial charge in [-0.1, -0.05) is 12.2 Å². The lowest BCUT2D eigenvalue weighted by Crippen LogP contribution is -2.26. The Bertz CT molecular complexity index is 579. The van der Waals surface area contributed by atoms with Crippen LogP contribution in [-0.4, -0.2) is 32.4 Å². The first kappa shape index (κ1) is 14.1. The third kappa shape index (κ3) is 3.86. The van der Waals surface area contributed by atoms with Crippen molar-refractivity contribution in [2.45, 2.75) is 12.8 Å². The largest absolute Gasteiger partial charge is 0.389 e. The molecule has 20 heavy (non-hydrogen) atoms. The summed E-state index contributed by atoms with van der Waals surface area (Å²) in [5.74, 6) is 0.706. The van der Waals surface area contributed by atoms with Crippen LogP contribution in [0.5, 0.6) is 0 Å². The number of aromatic amines is 1. The smallest absolute Gasteiger partial charge is 0.269 e. The lowest BCUT2D eigenvalue weighted by atomic mass is 10.2. The van der Waals surface area contributed by atoms with Gasteiger partial charge < -0.3 is 16.0 Å². The molecule has 0 unspecified atom stereocenters. The Hall–Kier alpha value is -2.28. The van der Waals surface area contributed by atoms with Crippen molar-refractivity contribution < 1.29 is 4.79 Å². The molecule has 2 aromatic heterocycles. The number of pyridine rings is 1. The predicted octanol–water partition coefficient (Wildman–Crippen LogP) is 0.801. The number of aromatic nitrogens is 3. The second kappa shape index (κ2) is 6.76. The monoisotopic (exact) mass is 289 g/mol. The summed E-state index contributed by atoms with van der Waals surface area (Å²) in [5, 5.41) is 2.80. The molecule has 0 aliphatic heterocycles. The fourth-order valence-electron chi connectivity index (χ4n) is 1.66. The van der Waals surface area contributed by atoms with E-state index in [1.807, 2.05) is 0 Å². The highest BCUT2D eigenvalue weighted by molar-refractivity contribution is 7.80. The van der Waals surface area contributed by atoms with Crippen molar-refractivity contribution in [2.75, 3.05) is 6.54 Å². The van der Waals surface area contributed by atoms with Crippen molar-refractivity contribution in [3.05, 3.63) is 47.8 Å². The minimum atomic E-state index is -0.209. The summed E-state index contributed by atoms with van der Waals surface area (Å²) in [7, 11) is 0. The fraction of sp³-hybridized carbons (Fsp3) is 0.231. The van der Waals surface area contributed by atoms with Gasteiger partial charge in [-0.15, -0.1) is 0 Å². The van der Waals surface area contributed by atoms with Gasteiger partial charge in [-0.2, -0.15) is 0 Å². The Labute approximate surface area is 121 Å². The highest BCUT2D eigenvalue weighted by atomic mass is 32.1. The zero-order valence-corrected chi connectivity index (χ0v) is 11.6. The molecular weight excluding hydrogens is 274 g/mol. The summed E-state index contributed by atoms with van der Waals surface area (Å²) >= 11 is 4.82. The van der Waals surface area contributed by atoms with Crippen LogP contribution in [0, 0.1) is 0 Å². The van der Waals surface area contributed by atoms with Gasteiger partial charge in [-0.3, -0.25) is 9.78 Å².